The van der Waals surface area contributed by atoms with Crippen LogP contribution in [0.4, 0.5) is 0 Å². The zero-order chi connectivity index (χ0) is 14.9. The second-order valence-corrected chi connectivity index (χ2v) is 7.37. The lowest BCUT2D eigenvalue weighted by molar-refractivity contribution is 0.295. The van der Waals surface area contributed by atoms with E-state index in [1.165, 1.54) is 0 Å². The molecule has 3 nitrogen and oxygen atoms in total. The largest absolute Gasteiger partial charge is 0.417 e. The molecule has 0 amide bonds. The number of halogens is 1. The van der Waals surface area contributed by atoms with Gasteiger partial charge in [-0.2, -0.15) is 0 Å². The molecule has 2 aromatic rings. The molecular weight excluding hydrogens is 274 g/mol. The Labute approximate surface area is 124 Å². The molecule has 0 saturated heterocycles. The molecule has 1 N–H and O–H groups in total. The first-order valence-corrected chi connectivity index (χ1v) is 7.45. The van der Waals surface area contributed by atoms with Gasteiger partial charge in [0.25, 0.3) is 0 Å². The van der Waals surface area contributed by atoms with E-state index in [9.17, 15) is 4.79 Å². The average Bonchev–Trinajstić information content (AvgIpc) is 2.64. The van der Waals surface area contributed by atoms with Gasteiger partial charge in [-0.3, -0.25) is 4.98 Å². The zero-order valence-electron chi connectivity index (χ0n) is 12.5. The molecule has 110 valence electrons. The van der Waals surface area contributed by atoms with Crippen molar-refractivity contribution >= 4 is 22.7 Å². The van der Waals surface area contributed by atoms with Crippen molar-refractivity contribution in [1.82, 2.24) is 4.98 Å². The number of oxazole rings is 1. The summed E-state index contributed by atoms with van der Waals surface area (Å²) < 4.78 is 5.07. The van der Waals surface area contributed by atoms with Crippen LogP contribution in [-0.2, 0) is 0 Å². The minimum atomic E-state index is -0.427. The number of alkyl halides is 1. The van der Waals surface area contributed by atoms with Crippen molar-refractivity contribution in [3.63, 3.8) is 0 Å². The Bertz CT molecular complexity index is 636. The van der Waals surface area contributed by atoms with E-state index in [0.717, 1.165) is 18.4 Å². The van der Waals surface area contributed by atoms with Crippen molar-refractivity contribution in [3.8, 4) is 0 Å². The number of fused-ring (bicyclic) bond motifs is 1. The van der Waals surface area contributed by atoms with Crippen molar-refractivity contribution in [1.29, 1.82) is 0 Å². The predicted molar refractivity (Wildman–Crippen MR) is 83.3 cm³/mol. The lowest BCUT2D eigenvalue weighted by atomic mass is 9.83. The van der Waals surface area contributed by atoms with Gasteiger partial charge >= 0.3 is 5.76 Å². The standard InChI is InChI=1S/C16H22ClNO2/c1-10(9-16(2,3)4)7-12(17)11-5-6-13-14(8-11)20-15(19)18-13/h5-6,8,10,12H,7,9H2,1-4H3,(H,18,19). The fourth-order valence-corrected chi connectivity index (χ4v) is 3.21. The molecule has 0 aliphatic rings. The van der Waals surface area contributed by atoms with Crippen LogP contribution in [0.25, 0.3) is 11.1 Å². The van der Waals surface area contributed by atoms with Crippen molar-refractivity contribution in [2.45, 2.75) is 45.9 Å². The van der Waals surface area contributed by atoms with Crippen LogP contribution in [0.5, 0.6) is 0 Å². The molecule has 0 bridgehead atoms. The van der Waals surface area contributed by atoms with Gasteiger partial charge in [-0.05, 0) is 41.9 Å². The number of aromatic amines is 1. The van der Waals surface area contributed by atoms with E-state index in [0.29, 0.717) is 22.4 Å². The molecule has 2 unspecified atom stereocenters. The molecule has 0 spiro atoms. The third-order valence-corrected chi connectivity index (χ3v) is 3.81. The van der Waals surface area contributed by atoms with Crippen molar-refractivity contribution in [2.24, 2.45) is 11.3 Å². The van der Waals surface area contributed by atoms with Crippen LogP contribution in [-0.4, -0.2) is 4.98 Å². The summed E-state index contributed by atoms with van der Waals surface area (Å²) in [4.78, 5) is 13.8. The first-order valence-electron chi connectivity index (χ1n) is 7.01. The van der Waals surface area contributed by atoms with Gasteiger partial charge in [0, 0.05) is 0 Å². The minimum absolute atomic E-state index is 0.0584. The molecule has 1 aromatic carbocycles. The monoisotopic (exact) mass is 295 g/mol. The van der Waals surface area contributed by atoms with Crippen LogP contribution in [0.2, 0.25) is 0 Å². The van der Waals surface area contributed by atoms with Crippen LogP contribution in [0.1, 0.15) is 51.5 Å². The Hall–Kier alpha value is -1.22. The summed E-state index contributed by atoms with van der Waals surface area (Å²) in [5.41, 5.74) is 2.60. The normalized spacial score (nSPS) is 15.4. The highest BCUT2D eigenvalue weighted by Crippen LogP contribution is 2.34. The van der Waals surface area contributed by atoms with Crippen LogP contribution in [0.15, 0.2) is 27.4 Å². The number of nitrogens with one attached hydrogen (secondary N) is 1. The van der Waals surface area contributed by atoms with Gasteiger partial charge in [0.05, 0.1) is 10.9 Å². The lowest BCUT2D eigenvalue weighted by Gasteiger charge is -2.24. The summed E-state index contributed by atoms with van der Waals surface area (Å²) >= 11 is 6.51. The SMILES string of the molecule is CC(CC(Cl)c1ccc2[nH]c(=O)oc2c1)CC(C)(C)C. The van der Waals surface area contributed by atoms with Gasteiger partial charge in [-0.15, -0.1) is 11.6 Å². The summed E-state index contributed by atoms with van der Waals surface area (Å²) in [6.07, 6.45) is 2.05. The van der Waals surface area contributed by atoms with Crippen LogP contribution in [0, 0.1) is 11.3 Å². The number of hydrogen-bond acceptors (Lipinski definition) is 2. The van der Waals surface area contributed by atoms with E-state index in [2.05, 4.69) is 32.7 Å². The highest BCUT2D eigenvalue weighted by molar-refractivity contribution is 6.20. The lowest BCUT2D eigenvalue weighted by Crippen LogP contribution is -2.12. The summed E-state index contributed by atoms with van der Waals surface area (Å²) in [5, 5.41) is -0.0584. The first kappa shape index (κ1) is 15.2. The number of hydrogen-bond donors (Lipinski definition) is 1. The van der Waals surface area contributed by atoms with Crippen molar-refractivity contribution in [3.05, 3.63) is 34.3 Å². The van der Waals surface area contributed by atoms with E-state index in [1.54, 1.807) is 0 Å². The van der Waals surface area contributed by atoms with Gasteiger partial charge in [0.2, 0.25) is 0 Å². The van der Waals surface area contributed by atoms with Gasteiger partial charge in [0.15, 0.2) is 5.58 Å². The quantitative estimate of drug-likeness (QED) is 0.818. The Morgan fingerprint density at radius 2 is 2.05 bits per heavy atom. The Kier molecular flexibility index (Phi) is 4.28. The molecule has 0 saturated carbocycles. The fourth-order valence-electron chi connectivity index (χ4n) is 2.77. The number of H-pyrrole nitrogens is 1. The Morgan fingerprint density at radius 3 is 2.70 bits per heavy atom. The molecule has 4 heteroatoms. The van der Waals surface area contributed by atoms with E-state index in [-0.39, 0.29) is 5.38 Å². The molecule has 0 aliphatic heterocycles. The maximum absolute atomic E-state index is 11.1. The molecular formula is C16H22ClNO2. The Morgan fingerprint density at radius 1 is 1.35 bits per heavy atom. The second kappa shape index (κ2) is 5.65. The topological polar surface area (TPSA) is 46.0 Å². The third kappa shape index (κ3) is 3.89. The number of aromatic nitrogens is 1. The molecule has 0 radical (unpaired) electrons. The summed E-state index contributed by atoms with van der Waals surface area (Å²) in [5.74, 6) is 0.121. The fraction of sp³-hybridized carbons (Fsp3) is 0.562. The number of benzene rings is 1. The third-order valence-electron chi connectivity index (χ3n) is 3.38. The van der Waals surface area contributed by atoms with Crippen LogP contribution < -0.4 is 5.76 Å². The maximum Gasteiger partial charge on any atom is 0.417 e. The maximum atomic E-state index is 11.1. The summed E-state index contributed by atoms with van der Waals surface area (Å²) in [6.45, 7) is 8.96. The van der Waals surface area contributed by atoms with Crippen LogP contribution in [0.3, 0.4) is 0 Å². The highest BCUT2D eigenvalue weighted by atomic mass is 35.5. The van der Waals surface area contributed by atoms with Crippen LogP contribution >= 0.6 is 11.6 Å². The van der Waals surface area contributed by atoms with Gasteiger partial charge in [-0.25, -0.2) is 4.79 Å². The van der Waals surface area contributed by atoms with Crippen molar-refractivity contribution in [2.75, 3.05) is 0 Å². The molecule has 1 aromatic heterocycles. The molecule has 0 aliphatic carbocycles. The summed E-state index contributed by atoms with van der Waals surface area (Å²) in [6, 6.07) is 5.66. The number of rotatable bonds is 4. The zero-order valence-corrected chi connectivity index (χ0v) is 13.3. The second-order valence-electron chi connectivity index (χ2n) is 6.84. The van der Waals surface area contributed by atoms with Gasteiger partial charge in [-0.1, -0.05) is 33.8 Å². The highest BCUT2D eigenvalue weighted by Gasteiger charge is 2.19. The van der Waals surface area contributed by atoms with E-state index in [1.807, 2.05) is 18.2 Å². The van der Waals surface area contributed by atoms with E-state index >= 15 is 0 Å². The van der Waals surface area contributed by atoms with E-state index in [4.69, 9.17) is 16.0 Å². The minimum Gasteiger partial charge on any atom is -0.408 e. The average molecular weight is 296 g/mol. The molecule has 2 rings (SSSR count). The molecule has 1 heterocycles. The van der Waals surface area contributed by atoms with E-state index < -0.39 is 5.76 Å². The molecule has 0 fully saturated rings. The molecule has 20 heavy (non-hydrogen) atoms. The van der Waals surface area contributed by atoms with Crippen molar-refractivity contribution < 1.29 is 4.42 Å². The smallest absolute Gasteiger partial charge is 0.408 e. The molecule has 2 atom stereocenters. The van der Waals surface area contributed by atoms with Gasteiger partial charge < -0.3 is 4.42 Å². The summed E-state index contributed by atoms with van der Waals surface area (Å²) in [7, 11) is 0. The first-order chi connectivity index (χ1) is 9.24. The van der Waals surface area contributed by atoms with Gasteiger partial charge in [0.1, 0.15) is 0 Å². The predicted octanol–water partition coefficient (Wildman–Crippen LogP) is 4.86. The Balaban J connectivity index is 2.10.